The van der Waals surface area contributed by atoms with E-state index in [0.717, 1.165) is 18.8 Å². The molecule has 1 fully saturated rings. The van der Waals surface area contributed by atoms with E-state index in [9.17, 15) is 9.59 Å². The SMILES string of the molecule is C[C@H](NC(=O)O)C(=O)N1CCN(c2ccccc2)CC1. The summed E-state index contributed by atoms with van der Waals surface area (Å²) >= 11 is 0. The Balaban J connectivity index is 1.88. The number of nitrogens with zero attached hydrogens (tertiary/aromatic N) is 2. The predicted molar refractivity (Wildman–Crippen MR) is 75.9 cm³/mol. The summed E-state index contributed by atoms with van der Waals surface area (Å²) in [5.74, 6) is -0.167. The first kappa shape index (κ1) is 14.2. The summed E-state index contributed by atoms with van der Waals surface area (Å²) in [5.41, 5.74) is 1.15. The van der Waals surface area contributed by atoms with Crippen molar-refractivity contribution in [1.82, 2.24) is 10.2 Å². The molecule has 0 unspecified atom stereocenters. The van der Waals surface area contributed by atoms with Crippen molar-refractivity contribution in [3.63, 3.8) is 0 Å². The van der Waals surface area contributed by atoms with Gasteiger partial charge in [-0.15, -0.1) is 0 Å². The summed E-state index contributed by atoms with van der Waals surface area (Å²) in [6.45, 7) is 4.31. The molecule has 6 heteroatoms. The first-order chi connectivity index (χ1) is 9.58. The van der Waals surface area contributed by atoms with Crippen molar-refractivity contribution in [2.24, 2.45) is 0 Å². The Kier molecular flexibility index (Phi) is 4.45. The van der Waals surface area contributed by atoms with Crippen LogP contribution in [0.3, 0.4) is 0 Å². The van der Waals surface area contributed by atoms with Crippen molar-refractivity contribution in [3.8, 4) is 0 Å². The first-order valence-electron chi connectivity index (χ1n) is 6.66. The predicted octanol–water partition coefficient (Wildman–Crippen LogP) is 0.991. The highest BCUT2D eigenvalue weighted by atomic mass is 16.4. The van der Waals surface area contributed by atoms with E-state index in [0.29, 0.717) is 13.1 Å². The topological polar surface area (TPSA) is 72.9 Å². The summed E-state index contributed by atoms with van der Waals surface area (Å²) in [4.78, 5) is 26.5. The number of anilines is 1. The van der Waals surface area contributed by atoms with E-state index in [-0.39, 0.29) is 5.91 Å². The monoisotopic (exact) mass is 277 g/mol. The van der Waals surface area contributed by atoms with Crippen molar-refractivity contribution in [2.75, 3.05) is 31.1 Å². The van der Waals surface area contributed by atoms with Crippen molar-refractivity contribution < 1.29 is 14.7 Å². The third kappa shape index (κ3) is 3.40. The third-order valence-electron chi connectivity index (χ3n) is 3.42. The van der Waals surface area contributed by atoms with E-state index >= 15 is 0 Å². The minimum Gasteiger partial charge on any atom is -0.465 e. The van der Waals surface area contributed by atoms with Gasteiger partial charge in [-0.1, -0.05) is 18.2 Å². The minimum atomic E-state index is -1.17. The maximum atomic E-state index is 12.1. The Morgan fingerprint density at radius 2 is 1.75 bits per heavy atom. The smallest absolute Gasteiger partial charge is 0.405 e. The molecular formula is C14H19N3O3. The van der Waals surface area contributed by atoms with E-state index in [1.807, 2.05) is 30.3 Å². The number of hydrogen-bond donors (Lipinski definition) is 2. The molecule has 2 rings (SSSR count). The van der Waals surface area contributed by atoms with Crippen LogP contribution in [0.1, 0.15) is 6.92 Å². The second kappa shape index (κ2) is 6.27. The molecule has 2 N–H and O–H groups in total. The van der Waals surface area contributed by atoms with Crippen molar-refractivity contribution in [1.29, 1.82) is 0 Å². The van der Waals surface area contributed by atoms with Crippen LogP contribution in [0.25, 0.3) is 0 Å². The summed E-state index contributed by atoms with van der Waals surface area (Å²) in [5, 5.41) is 10.8. The number of benzene rings is 1. The van der Waals surface area contributed by atoms with Crippen LogP contribution in [0.2, 0.25) is 0 Å². The number of piperazine rings is 1. The summed E-state index contributed by atoms with van der Waals surface area (Å²) in [6.07, 6.45) is -1.17. The van der Waals surface area contributed by atoms with Gasteiger partial charge in [-0.2, -0.15) is 0 Å². The van der Waals surface area contributed by atoms with Gasteiger partial charge < -0.3 is 20.2 Å². The molecule has 0 aromatic heterocycles. The molecule has 0 bridgehead atoms. The van der Waals surface area contributed by atoms with Crippen LogP contribution in [0.5, 0.6) is 0 Å². The lowest BCUT2D eigenvalue weighted by atomic mass is 10.2. The van der Waals surface area contributed by atoms with Gasteiger partial charge in [0.2, 0.25) is 5.91 Å². The summed E-state index contributed by atoms with van der Waals surface area (Å²) < 4.78 is 0. The molecule has 1 aromatic rings. The normalized spacial score (nSPS) is 16.6. The third-order valence-corrected chi connectivity index (χ3v) is 3.42. The number of para-hydroxylation sites is 1. The van der Waals surface area contributed by atoms with Crippen LogP contribution >= 0.6 is 0 Å². The number of hydrogen-bond acceptors (Lipinski definition) is 3. The van der Waals surface area contributed by atoms with Gasteiger partial charge in [-0.3, -0.25) is 4.79 Å². The van der Waals surface area contributed by atoms with Crippen molar-refractivity contribution in [3.05, 3.63) is 30.3 Å². The van der Waals surface area contributed by atoms with Gasteiger partial charge in [0.05, 0.1) is 0 Å². The van der Waals surface area contributed by atoms with Gasteiger partial charge in [-0.05, 0) is 19.1 Å². The zero-order valence-corrected chi connectivity index (χ0v) is 11.5. The molecule has 6 nitrogen and oxygen atoms in total. The van der Waals surface area contributed by atoms with Gasteiger partial charge in [0, 0.05) is 31.9 Å². The molecule has 0 saturated carbocycles. The van der Waals surface area contributed by atoms with Gasteiger partial charge in [0.15, 0.2) is 0 Å². The molecule has 0 radical (unpaired) electrons. The van der Waals surface area contributed by atoms with Gasteiger partial charge >= 0.3 is 6.09 Å². The fourth-order valence-corrected chi connectivity index (χ4v) is 2.34. The molecule has 108 valence electrons. The lowest BCUT2D eigenvalue weighted by Crippen LogP contribution is -2.54. The molecule has 20 heavy (non-hydrogen) atoms. The molecule has 1 aromatic carbocycles. The lowest BCUT2D eigenvalue weighted by molar-refractivity contribution is -0.133. The highest BCUT2D eigenvalue weighted by Crippen LogP contribution is 2.15. The quantitative estimate of drug-likeness (QED) is 0.864. The second-order valence-electron chi connectivity index (χ2n) is 4.82. The van der Waals surface area contributed by atoms with Crippen molar-refractivity contribution >= 4 is 17.7 Å². The largest absolute Gasteiger partial charge is 0.465 e. The lowest BCUT2D eigenvalue weighted by Gasteiger charge is -2.37. The highest BCUT2D eigenvalue weighted by Gasteiger charge is 2.25. The Hall–Kier alpha value is -2.24. The number of carbonyl (C=O) groups excluding carboxylic acids is 1. The number of amides is 2. The molecule has 1 aliphatic heterocycles. The molecule has 2 amide bonds. The average Bonchev–Trinajstić information content (AvgIpc) is 2.47. The zero-order chi connectivity index (χ0) is 14.5. The van der Waals surface area contributed by atoms with Crippen LogP contribution in [-0.2, 0) is 4.79 Å². The Bertz CT molecular complexity index is 470. The van der Waals surface area contributed by atoms with Gasteiger partial charge in [-0.25, -0.2) is 4.79 Å². The number of nitrogens with one attached hydrogen (secondary N) is 1. The highest BCUT2D eigenvalue weighted by molar-refractivity contribution is 5.85. The molecule has 1 atom stereocenters. The molecule has 1 saturated heterocycles. The van der Waals surface area contributed by atoms with E-state index in [4.69, 9.17) is 5.11 Å². The fourth-order valence-electron chi connectivity index (χ4n) is 2.34. The fraction of sp³-hybridized carbons (Fsp3) is 0.429. The van der Waals surface area contributed by atoms with Crippen LogP contribution < -0.4 is 10.2 Å². The number of carboxylic acid groups (broad SMARTS) is 1. The Morgan fingerprint density at radius 1 is 1.15 bits per heavy atom. The van der Waals surface area contributed by atoms with E-state index < -0.39 is 12.1 Å². The molecule has 1 heterocycles. The van der Waals surface area contributed by atoms with E-state index in [1.165, 1.54) is 0 Å². The standard InChI is InChI=1S/C14H19N3O3/c1-11(15-14(19)20)13(18)17-9-7-16(8-10-17)12-5-3-2-4-6-12/h2-6,11,15H,7-10H2,1H3,(H,19,20)/t11-/m0/s1. The van der Waals surface area contributed by atoms with E-state index in [2.05, 4.69) is 10.2 Å². The molecule has 0 aliphatic carbocycles. The zero-order valence-electron chi connectivity index (χ0n) is 11.5. The second-order valence-corrected chi connectivity index (χ2v) is 4.82. The average molecular weight is 277 g/mol. The van der Waals surface area contributed by atoms with Gasteiger partial charge in [0.25, 0.3) is 0 Å². The van der Waals surface area contributed by atoms with Crippen LogP contribution in [0.15, 0.2) is 30.3 Å². The maximum absolute atomic E-state index is 12.1. The van der Waals surface area contributed by atoms with Crippen molar-refractivity contribution in [2.45, 2.75) is 13.0 Å². The maximum Gasteiger partial charge on any atom is 0.405 e. The molecular weight excluding hydrogens is 258 g/mol. The summed E-state index contributed by atoms with van der Waals surface area (Å²) in [6, 6.07) is 9.36. The minimum absolute atomic E-state index is 0.167. The number of rotatable bonds is 3. The summed E-state index contributed by atoms with van der Waals surface area (Å²) in [7, 11) is 0. The molecule has 1 aliphatic rings. The Labute approximate surface area is 118 Å². The van der Waals surface area contributed by atoms with Gasteiger partial charge in [0.1, 0.15) is 6.04 Å². The Morgan fingerprint density at radius 3 is 2.30 bits per heavy atom. The van der Waals surface area contributed by atoms with Crippen LogP contribution in [0.4, 0.5) is 10.5 Å². The first-order valence-corrected chi connectivity index (χ1v) is 6.66. The van der Waals surface area contributed by atoms with E-state index in [1.54, 1.807) is 11.8 Å². The van der Waals surface area contributed by atoms with Crippen LogP contribution in [0, 0.1) is 0 Å². The molecule has 0 spiro atoms. The number of carbonyl (C=O) groups is 2. The van der Waals surface area contributed by atoms with Crippen LogP contribution in [-0.4, -0.2) is 54.2 Å².